The standard InChI is InChI=1S/C46H84N2O6/c1-4-7-10-13-16-25-32-39-53-41(49)35-28-21-17-23-30-37-48(44-43(47)45(51)46(44)52)38-31-24-18-22-29-36-42(50)54-40(33-26-19-14-11-8-5-2)34-27-20-15-12-9-6-3/h40H,4-39,47H2,1-3H3. The highest BCUT2D eigenvalue weighted by Crippen LogP contribution is 2.21. The van der Waals surface area contributed by atoms with Crippen molar-refractivity contribution in [3.63, 3.8) is 0 Å². The molecule has 0 radical (unpaired) electrons. The molecule has 54 heavy (non-hydrogen) atoms. The van der Waals surface area contributed by atoms with Crippen molar-refractivity contribution in [1.29, 1.82) is 0 Å². The molecule has 0 fully saturated rings. The molecule has 0 bridgehead atoms. The number of hydrogen-bond acceptors (Lipinski definition) is 8. The Balaban J connectivity index is 2.28. The molecule has 314 valence electrons. The van der Waals surface area contributed by atoms with Gasteiger partial charge in [0.15, 0.2) is 0 Å². The Labute approximate surface area is 331 Å². The van der Waals surface area contributed by atoms with Gasteiger partial charge in [-0.25, -0.2) is 0 Å². The van der Waals surface area contributed by atoms with E-state index in [1.165, 1.54) is 96.3 Å². The quantitative estimate of drug-likeness (QED) is 0.0399. The van der Waals surface area contributed by atoms with Gasteiger partial charge in [0, 0.05) is 25.9 Å². The molecule has 1 aromatic rings. The summed E-state index contributed by atoms with van der Waals surface area (Å²) in [6.45, 7) is 8.64. The van der Waals surface area contributed by atoms with E-state index in [1.807, 2.05) is 4.90 Å². The number of rotatable bonds is 40. The number of nitrogens with zero attached hydrogens (tertiary/aromatic N) is 1. The van der Waals surface area contributed by atoms with Crippen LogP contribution in [0.5, 0.6) is 0 Å². The lowest BCUT2D eigenvalue weighted by molar-refractivity contribution is -0.150. The molecule has 2 N–H and O–H groups in total. The fourth-order valence-electron chi connectivity index (χ4n) is 7.38. The van der Waals surface area contributed by atoms with Crippen molar-refractivity contribution in [2.24, 2.45) is 0 Å². The minimum absolute atomic E-state index is 0.0440. The average molecular weight is 761 g/mol. The number of carbonyl (C=O) groups excluding carboxylic acids is 2. The summed E-state index contributed by atoms with van der Waals surface area (Å²) in [6, 6.07) is 0. The van der Waals surface area contributed by atoms with Gasteiger partial charge in [0.05, 0.1) is 6.61 Å². The van der Waals surface area contributed by atoms with Gasteiger partial charge in [-0.3, -0.25) is 19.2 Å². The molecule has 0 saturated heterocycles. The van der Waals surface area contributed by atoms with Crippen molar-refractivity contribution >= 4 is 23.3 Å². The van der Waals surface area contributed by atoms with E-state index in [2.05, 4.69) is 20.8 Å². The predicted molar refractivity (Wildman–Crippen MR) is 228 cm³/mol. The van der Waals surface area contributed by atoms with Crippen LogP contribution in [0.4, 0.5) is 11.4 Å². The summed E-state index contributed by atoms with van der Waals surface area (Å²) in [5.74, 6) is -0.133. The third-order valence-corrected chi connectivity index (χ3v) is 10.9. The van der Waals surface area contributed by atoms with Crippen LogP contribution in [-0.2, 0) is 19.1 Å². The number of anilines is 2. The Bertz CT molecular complexity index is 1100. The number of carbonyl (C=O) groups is 2. The van der Waals surface area contributed by atoms with Crippen LogP contribution in [-0.4, -0.2) is 37.7 Å². The first-order valence-corrected chi connectivity index (χ1v) is 23.0. The molecule has 0 unspecified atom stereocenters. The van der Waals surface area contributed by atoms with Crippen LogP contribution in [0, 0.1) is 0 Å². The highest BCUT2D eigenvalue weighted by molar-refractivity contribution is 5.72. The molecule has 8 heteroatoms. The second kappa shape index (κ2) is 35.1. The van der Waals surface area contributed by atoms with E-state index >= 15 is 0 Å². The number of nitrogen functional groups attached to an aromatic ring is 1. The Morgan fingerprint density at radius 2 is 0.889 bits per heavy atom. The summed E-state index contributed by atoms with van der Waals surface area (Å²) < 4.78 is 11.4. The predicted octanol–water partition coefficient (Wildman–Crippen LogP) is 12.1. The summed E-state index contributed by atoms with van der Waals surface area (Å²) in [5, 5.41) is 0. The summed E-state index contributed by atoms with van der Waals surface area (Å²) in [4.78, 5) is 51.0. The molecule has 0 aliphatic heterocycles. The highest BCUT2D eigenvalue weighted by Gasteiger charge is 2.23. The lowest BCUT2D eigenvalue weighted by atomic mass is 10.0. The third kappa shape index (κ3) is 25.7. The van der Waals surface area contributed by atoms with Gasteiger partial charge in [0.2, 0.25) is 0 Å². The zero-order valence-corrected chi connectivity index (χ0v) is 35.5. The fourth-order valence-corrected chi connectivity index (χ4v) is 7.38. The lowest BCUT2D eigenvalue weighted by Crippen LogP contribution is -2.43. The van der Waals surface area contributed by atoms with Gasteiger partial charge in [-0.15, -0.1) is 0 Å². The molecule has 0 amide bonds. The van der Waals surface area contributed by atoms with Crippen LogP contribution in [0.3, 0.4) is 0 Å². The molecule has 0 aliphatic rings. The first-order chi connectivity index (χ1) is 26.3. The van der Waals surface area contributed by atoms with Crippen LogP contribution in [0.2, 0.25) is 0 Å². The van der Waals surface area contributed by atoms with Crippen molar-refractivity contribution in [2.45, 2.75) is 239 Å². The van der Waals surface area contributed by atoms with E-state index in [0.29, 0.717) is 38.2 Å². The topological polar surface area (TPSA) is 116 Å². The van der Waals surface area contributed by atoms with Crippen molar-refractivity contribution in [3.05, 3.63) is 20.4 Å². The number of hydrogen-bond donors (Lipinski definition) is 1. The van der Waals surface area contributed by atoms with Crippen LogP contribution in [0.25, 0.3) is 0 Å². The molecule has 1 aromatic carbocycles. The van der Waals surface area contributed by atoms with Gasteiger partial charge in [0.25, 0.3) is 10.9 Å². The monoisotopic (exact) mass is 761 g/mol. The zero-order valence-electron chi connectivity index (χ0n) is 35.5. The van der Waals surface area contributed by atoms with Gasteiger partial charge in [0.1, 0.15) is 17.5 Å². The molecule has 0 saturated carbocycles. The first kappa shape index (κ1) is 49.6. The maximum absolute atomic E-state index is 12.8. The summed E-state index contributed by atoms with van der Waals surface area (Å²) in [7, 11) is 0. The second-order valence-electron chi connectivity index (χ2n) is 16.0. The fraction of sp³-hybridized carbons (Fsp3) is 0.870. The number of ether oxygens (including phenoxy) is 2. The molecule has 0 aromatic heterocycles. The van der Waals surface area contributed by atoms with Gasteiger partial charge in [-0.05, 0) is 57.8 Å². The molecule has 0 spiro atoms. The minimum Gasteiger partial charge on any atom is -0.466 e. The van der Waals surface area contributed by atoms with Crippen LogP contribution < -0.4 is 21.5 Å². The molecular formula is C46H84N2O6. The summed E-state index contributed by atoms with van der Waals surface area (Å²) in [5.41, 5.74) is 5.40. The summed E-state index contributed by atoms with van der Waals surface area (Å²) in [6.07, 6.45) is 36.0. The van der Waals surface area contributed by atoms with E-state index in [9.17, 15) is 19.2 Å². The normalized spacial score (nSPS) is 11.5. The third-order valence-electron chi connectivity index (χ3n) is 10.9. The smallest absolute Gasteiger partial charge is 0.306 e. The number of nitrogens with two attached hydrogens (primary N) is 1. The molecule has 0 heterocycles. The van der Waals surface area contributed by atoms with E-state index in [1.54, 1.807) is 0 Å². The Morgan fingerprint density at radius 3 is 1.35 bits per heavy atom. The Hall–Kier alpha value is -2.38. The zero-order chi connectivity index (χ0) is 39.5. The van der Waals surface area contributed by atoms with E-state index in [0.717, 1.165) is 103 Å². The maximum atomic E-state index is 12.8. The molecule has 0 atom stereocenters. The van der Waals surface area contributed by atoms with Gasteiger partial charge in [-0.1, -0.05) is 162 Å². The number of esters is 2. The molecule has 8 nitrogen and oxygen atoms in total. The van der Waals surface area contributed by atoms with Crippen molar-refractivity contribution in [1.82, 2.24) is 0 Å². The Kier molecular flexibility index (Phi) is 32.2. The SMILES string of the molecule is CCCCCCCCCOC(=O)CCCCCCCN(CCCCCCCC(=O)OC(CCCCCCCC)CCCCCCCC)c1c(N)c(=O)c1=O. The molecule has 0 aliphatic carbocycles. The van der Waals surface area contributed by atoms with Gasteiger partial charge < -0.3 is 20.1 Å². The lowest BCUT2D eigenvalue weighted by Gasteiger charge is -2.26. The molecule has 1 rings (SSSR count). The van der Waals surface area contributed by atoms with Crippen LogP contribution in [0.15, 0.2) is 9.59 Å². The van der Waals surface area contributed by atoms with E-state index in [4.69, 9.17) is 15.2 Å². The van der Waals surface area contributed by atoms with Gasteiger partial charge in [-0.2, -0.15) is 0 Å². The van der Waals surface area contributed by atoms with Gasteiger partial charge >= 0.3 is 11.9 Å². The van der Waals surface area contributed by atoms with Crippen molar-refractivity contribution in [3.8, 4) is 0 Å². The number of unbranched alkanes of at least 4 members (excludes halogenated alkanes) is 24. The van der Waals surface area contributed by atoms with E-state index < -0.39 is 10.9 Å². The second-order valence-corrected chi connectivity index (χ2v) is 16.0. The highest BCUT2D eigenvalue weighted by atomic mass is 16.5. The molecular weight excluding hydrogens is 677 g/mol. The van der Waals surface area contributed by atoms with Crippen LogP contribution >= 0.6 is 0 Å². The van der Waals surface area contributed by atoms with Crippen molar-refractivity contribution < 1.29 is 19.1 Å². The minimum atomic E-state index is -0.568. The van der Waals surface area contributed by atoms with Crippen molar-refractivity contribution in [2.75, 3.05) is 30.3 Å². The van der Waals surface area contributed by atoms with Crippen LogP contribution in [0.1, 0.15) is 233 Å². The Morgan fingerprint density at radius 1 is 0.500 bits per heavy atom. The summed E-state index contributed by atoms with van der Waals surface area (Å²) >= 11 is 0. The average Bonchev–Trinajstić information content (AvgIpc) is 3.17. The largest absolute Gasteiger partial charge is 0.466 e. The van der Waals surface area contributed by atoms with E-state index in [-0.39, 0.29) is 23.7 Å². The maximum Gasteiger partial charge on any atom is 0.306 e. The first-order valence-electron chi connectivity index (χ1n) is 23.0.